The third-order valence-corrected chi connectivity index (χ3v) is 2.13. The van der Waals surface area contributed by atoms with Gasteiger partial charge in [0, 0.05) is 12.1 Å². The number of nitrogens with zero attached hydrogens (tertiary/aromatic N) is 1. The first kappa shape index (κ1) is 9.87. The van der Waals surface area contributed by atoms with Gasteiger partial charge in [0.05, 0.1) is 6.61 Å². The smallest absolute Gasteiger partial charge is 0.252 e. The number of hydrogen-bond donors (Lipinski definition) is 0. The molecule has 0 saturated carbocycles. The predicted molar refractivity (Wildman–Crippen MR) is 57.9 cm³/mol. The summed E-state index contributed by atoms with van der Waals surface area (Å²) in [6.07, 6.45) is 3.98. The molecule has 2 rings (SSSR count). The summed E-state index contributed by atoms with van der Waals surface area (Å²) >= 11 is 0. The Morgan fingerprint density at radius 3 is 2.27 bits per heavy atom. The minimum Gasteiger partial charge on any atom is -0.318 e. The van der Waals surface area contributed by atoms with Crippen LogP contribution in [0.15, 0.2) is 60.9 Å². The molecule has 2 aromatic rings. The van der Waals surface area contributed by atoms with Crippen molar-refractivity contribution < 1.29 is 9.30 Å². The van der Waals surface area contributed by atoms with E-state index in [2.05, 4.69) is 12.1 Å². The zero-order valence-corrected chi connectivity index (χ0v) is 8.54. The Hall–Kier alpha value is -1.67. The van der Waals surface area contributed by atoms with E-state index < -0.39 is 0 Å². The van der Waals surface area contributed by atoms with Gasteiger partial charge in [0.25, 0.3) is 6.73 Å². The van der Waals surface area contributed by atoms with Gasteiger partial charge in [0.15, 0.2) is 12.4 Å². The molecule has 0 fully saturated rings. The van der Waals surface area contributed by atoms with E-state index in [4.69, 9.17) is 4.74 Å². The zero-order valence-electron chi connectivity index (χ0n) is 8.54. The lowest BCUT2D eigenvalue weighted by molar-refractivity contribution is -0.733. The van der Waals surface area contributed by atoms with Crippen LogP contribution in [0.3, 0.4) is 0 Å². The highest BCUT2D eigenvalue weighted by Gasteiger charge is 1.97. The largest absolute Gasteiger partial charge is 0.318 e. The predicted octanol–water partition coefficient (Wildman–Crippen LogP) is 2.15. The number of aromatic nitrogens is 1. The summed E-state index contributed by atoms with van der Waals surface area (Å²) < 4.78 is 7.57. The van der Waals surface area contributed by atoms with Crippen molar-refractivity contribution in [3.8, 4) is 0 Å². The fourth-order valence-corrected chi connectivity index (χ4v) is 1.36. The second-order valence-corrected chi connectivity index (χ2v) is 3.35. The molecule has 0 bridgehead atoms. The van der Waals surface area contributed by atoms with Crippen molar-refractivity contribution in [2.45, 2.75) is 13.3 Å². The molecule has 1 heterocycles. The van der Waals surface area contributed by atoms with Crippen LogP contribution in [-0.4, -0.2) is 0 Å². The number of rotatable bonds is 4. The molecule has 1 aromatic carbocycles. The van der Waals surface area contributed by atoms with Gasteiger partial charge >= 0.3 is 0 Å². The highest BCUT2D eigenvalue weighted by Crippen LogP contribution is 1.99. The zero-order chi connectivity index (χ0) is 10.3. The molecule has 0 spiro atoms. The molecule has 2 heteroatoms. The first-order chi connectivity index (χ1) is 7.45. The second-order valence-electron chi connectivity index (χ2n) is 3.35. The Bertz CT molecular complexity index is 346. The summed E-state index contributed by atoms with van der Waals surface area (Å²) in [5.41, 5.74) is 1.20. The average Bonchev–Trinajstić information content (AvgIpc) is 2.32. The number of pyridine rings is 1. The Morgan fingerprint density at radius 1 is 0.867 bits per heavy atom. The van der Waals surface area contributed by atoms with Gasteiger partial charge in [-0.15, -0.1) is 0 Å². The van der Waals surface area contributed by atoms with E-state index in [1.807, 2.05) is 53.4 Å². The van der Waals surface area contributed by atoms with E-state index in [0.29, 0.717) is 13.3 Å². The fraction of sp³-hybridized carbons (Fsp3) is 0.154. The normalized spacial score (nSPS) is 10.1. The standard InChI is InChI=1S/C13H14NO/c1-3-7-13(8-4-1)11-15-12-14-9-5-2-6-10-14/h1-10H,11-12H2/q+1. The van der Waals surface area contributed by atoms with Gasteiger partial charge in [-0.3, -0.25) is 0 Å². The van der Waals surface area contributed by atoms with Crippen LogP contribution in [0.1, 0.15) is 5.56 Å². The first-order valence-corrected chi connectivity index (χ1v) is 5.01. The van der Waals surface area contributed by atoms with Crippen molar-refractivity contribution >= 4 is 0 Å². The van der Waals surface area contributed by atoms with Gasteiger partial charge in [-0.25, -0.2) is 0 Å². The lowest BCUT2D eigenvalue weighted by atomic mass is 10.2. The van der Waals surface area contributed by atoms with Gasteiger partial charge in [-0.05, 0) is 5.56 Å². The first-order valence-electron chi connectivity index (χ1n) is 5.01. The second kappa shape index (κ2) is 5.27. The van der Waals surface area contributed by atoms with Gasteiger partial charge < -0.3 is 4.74 Å². The molecule has 1 aromatic heterocycles. The SMILES string of the molecule is c1ccc(COC[n+]2ccccc2)cc1. The van der Waals surface area contributed by atoms with Gasteiger partial charge in [-0.1, -0.05) is 36.4 Å². The van der Waals surface area contributed by atoms with Crippen LogP contribution >= 0.6 is 0 Å². The monoisotopic (exact) mass is 200 g/mol. The number of hydrogen-bond acceptors (Lipinski definition) is 1. The van der Waals surface area contributed by atoms with Crippen LogP contribution in [0.2, 0.25) is 0 Å². The van der Waals surface area contributed by atoms with Gasteiger partial charge in [0.1, 0.15) is 0 Å². The summed E-state index contributed by atoms with van der Waals surface area (Å²) in [5.74, 6) is 0. The molecule has 0 aliphatic carbocycles. The molecule has 0 atom stereocenters. The molecular formula is C13H14NO+. The molecule has 0 aliphatic rings. The maximum Gasteiger partial charge on any atom is 0.252 e. The molecule has 0 aliphatic heterocycles. The topological polar surface area (TPSA) is 13.1 Å². The van der Waals surface area contributed by atoms with Crippen LogP contribution in [0, 0.1) is 0 Å². The van der Waals surface area contributed by atoms with Crippen LogP contribution in [0.5, 0.6) is 0 Å². The molecule has 0 radical (unpaired) electrons. The maximum absolute atomic E-state index is 5.57. The molecule has 2 nitrogen and oxygen atoms in total. The van der Waals surface area contributed by atoms with Crippen molar-refractivity contribution in [1.29, 1.82) is 0 Å². The highest BCUT2D eigenvalue weighted by molar-refractivity contribution is 5.13. The minimum absolute atomic E-state index is 0.593. The third kappa shape index (κ3) is 3.18. The van der Waals surface area contributed by atoms with Crippen LogP contribution in [-0.2, 0) is 18.1 Å². The van der Waals surface area contributed by atoms with Crippen molar-refractivity contribution in [3.05, 3.63) is 66.5 Å². The lowest BCUT2D eigenvalue weighted by Crippen LogP contribution is -2.33. The van der Waals surface area contributed by atoms with E-state index in [1.54, 1.807) is 0 Å². The Balaban J connectivity index is 1.81. The van der Waals surface area contributed by atoms with Crippen LogP contribution < -0.4 is 4.57 Å². The van der Waals surface area contributed by atoms with Crippen molar-refractivity contribution in [2.24, 2.45) is 0 Å². The van der Waals surface area contributed by atoms with Gasteiger partial charge in [0.2, 0.25) is 0 Å². The van der Waals surface area contributed by atoms with Crippen LogP contribution in [0.25, 0.3) is 0 Å². The summed E-state index contributed by atoms with van der Waals surface area (Å²) in [5, 5.41) is 0. The van der Waals surface area contributed by atoms with E-state index in [9.17, 15) is 0 Å². The average molecular weight is 200 g/mol. The lowest BCUT2D eigenvalue weighted by Gasteiger charge is -2.00. The summed E-state index contributed by atoms with van der Waals surface area (Å²) in [6, 6.07) is 16.2. The molecular weight excluding hydrogens is 186 g/mol. The molecule has 15 heavy (non-hydrogen) atoms. The number of ether oxygens (including phenoxy) is 1. The Labute approximate surface area is 89.8 Å². The van der Waals surface area contributed by atoms with E-state index in [0.717, 1.165) is 0 Å². The molecule has 0 saturated heterocycles. The van der Waals surface area contributed by atoms with Gasteiger partial charge in [-0.2, -0.15) is 4.57 Å². The summed E-state index contributed by atoms with van der Waals surface area (Å²) in [7, 11) is 0. The van der Waals surface area contributed by atoms with Crippen molar-refractivity contribution in [2.75, 3.05) is 0 Å². The molecule has 0 amide bonds. The molecule has 76 valence electrons. The maximum atomic E-state index is 5.57. The minimum atomic E-state index is 0.593. The van der Waals surface area contributed by atoms with Crippen molar-refractivity contribution in [3.63, 3.8) is 0 Å². The van der Waals surface area contributed by atoms with E-state index >= 15 is 0 Å². The molecule has 0 N–H and O–H groups in total. The van der Waals surface area contributed by atoms with Crippen LogP contribution in [0.4, 0.5) is 0 Å². The highest BCUT2D eigenvalue weighted by atomic mass is 16.5. The number of benzene rings is 1. The third-order valence-electron chi connectivity index (χ3n) is 2.13. The summed E-state index contributed by atoms with van der Waals surface area (Å²) in [6.45, 7) is 1.25. The Morgan fingerprint density at radius 2 is 1.53 bits per heavy atom. The quantitative estimate of drug-likeness (QED) is 0.689. The van der Waals surface area contributed by atoms with E-state index in [-0.39, 0.29) is 0 Å². The Kier molecular flexibility index (Phi) is 3.47. The fourth-order valence-electron chi connectivity index (χ4n) is 1.36. The van der Waals surface area contributed by atoms with E-state index in [1.165, 1.54) is 5.56 Å². The summed E-state index contributed by atoms with van der Waals surface area (Å²) in [4.78, 5) is 0. The van der Waals surface area contributed by atoms with Crippen molar-refractivity contribution in [1.82, 2.24) is 0 Å². The molecule has 0 unspecified atom stereocenters.